The van der Waals surface area contributed by atoms with E-state index >= 15 is 0 Å². The quantitative estimate of drug-likeness (QED) is 0.482. The maximum absolute atomic E-state index is 12.0. The number of nitrogens with zero attached hydrogens (tertiary/aromatic N) is 2. The number of hydrogen-bond donors (Lipinski definition) is 2. The number of methoxy groups -OCH3 is 1. The van der Waals surface area contributed by atoms with Gasteiger partial charge in [-0.15, -0.1) is 0 Å². The second kappa shape index (κ2) is 7.66. The number of thiophene rings is 1. The van der Waals surface area contributed by atoms with Crippen LogP contribution < -0.4 is 10.5 Å². The Morgan fingerprint density at radius 3 is 2.71 bits per heavy atom. The predicted molar refractivity (Wildman–Crippen MR) is 79.9 cm³/mol. The van der Waals surface area contributed by atoms with Gasteiger partial charge in [0.2, 0.25) is 10.0 Å². The third-order valence-electron chi connectivity index (χ3n) is 2.64. The van der Waals surface area contributed by atoms with Crippen LogP contribution in [0.2, 0.25) is 0 Å². The number of sulfonamides is 1. The summed E-state index contributed by atoms with van der Waals surface area (Å²) in [5.41, 5.74) is 5.04. The normalized spacial score (nSPS) is 12.0. The molecule has 0 atom stereocenters. The summed E-state index contributed by atoms with van der Waals surface area (Å²) in [4.78, 5) is 11.9. The van der Waals surface area contributed by atoms with Crippen LogP contribution in [0.4, 0.5) is 10.7 Å². The maximum atomic E-state index is 12.0. The molecule has 0 aromatic carbocycles. The third kappa shape index (κ3) is 5.21. The van der Waals surface area contributed by atoms with E-state index in [1.54, 1.807) is 7.11 Å². The van der Waals surface area contributed by atoms with Gasteiger partial charge in [-0.2, -0.15) is 0 Å². The fourth-order valence-electron chi connectivity index (χ4n) is 1.45. The molecular formula is C10H18N4O5S2. The first-order chi connectivity index (χ1) is 9.77. The van der Waals surface area contributed by atoms with Crippen LogP contribution in [-0.4, -0.2) is 58.6 Å². The Morgan fingerprint density at radius 2 is 2.19 bits per heavy atom. The van der Waals surface area contributed by atoms with Gasteiger partial charge in [0.25, 0.3) is 0 Å². The molecular weight excluding hydrogens is 320 g/mol. The average Bonchev–Trinajstić information content (AvgIpc) is 2.79. The lowest BCUT2D eigenvalue weighted by Gasteiger charge is -2.15. The number of nitrogen functional groups attached to an aromatic ring is 1. The zero-order valence-corrected chi connectivity index (χ0v) is 13.4. The van der Waals surface area contributed by atoms with Gasteiger partial charge in [0.1, 0.15) is 4.21 Å². The lowest BCUT2D eigenvalue weighted by Crippen LogP contribution is -2.34. The zero-order valence-electron chi connectivity index (χ0n) is 11.7. The number of ether oxygens (including phenoxy) is 1. The summed E-state index contributed by atoms with van der Waals surface area (Å²) in [6.07, 6.45) is 0. The molecule has 1 aromatic rings. The van der Waals surface area contributed by atoms with Gasteiger partial charge in [-0.25, -0.2) is 13.1 Å². The Hall–Kier alpha value is -1.27. The topological polar surface area (TPSA) is 128 Å². The van der Waals surface area contributed by atoms with Gasteiger partial charge >= 0.3 is 5.69 Å². The molecule has 0 spiro atoms. The number of hydrogen-bond acceptors (Lipinski definition) is 8. The van der Waals surface area contributed by atoms with E-state index in [1.807, 2.05) is 11.9 Å². The number of nitro groups is 1. The molecule has 0 saturated carbocycles. The van der Waals surface area contributed by atoms with E-state index in [0.29, 0.717) is 31.0 Å². The van der Waals surface area contributed by atoms with E-state index in [1.165, 1.54) is 0 Å². The van der Waals surface area contributed by atoms with Crippen LogP contribution >= 0.6 is 11.3 Å². The van der Waals surface area contributed by atoms with Gasteiger partial charge in [0, 0.05) is 32.8 Å². The van der Waals surface area contributed by atoms with Gasteiger partial charge < -0.3 is 15.4 Å². The minimum absolute atomic E-state index is 0.127. The van der Waals surface area contributed by atoms with E-state index in [2.05, 4.69) is 4.72 Å². The molecule has 0 aliphatic rings. The molecule has 1 rings (SSSR count). The van der Waals surface area contributed by atoms with Gasteiger partial charge in [-0.3, -0.25) is 10.1 Å². The van der Waals surface area contributed by atoms with Gasteiger partial charge in [0.05, 0.1) is 11.5 Å². The zero-order chi connectivity index (χ0) is 16.0. The third-order valence-corrected chi connectivity index (χ3v) is 5.53. The van der Waals surface area contributed by atoms with Gasteiger partial charge in [0.15, 0.2) is 5.00 Å². The van der Waals surface area contributed by atoms with Crippen molar-refractivity contribution in [1.29, 1.82) is 0 Å². The number of anilines is 1. The Labute approximate surface area is 126 Å². The van der Waals surface area contributed by atoms with Crippen molar-refractivity contribution < 1.29 is 18.1 Å². The minimum Gasteiger partial charge on any atom is -0.385 e. The van der Waals surface area contributed by atoms with Crippen LogP contribution in [0.25, 0.3) is 0 Å². The highest BCUT2D eigenvalue weighted by molar-refractivity contribution is 7.91. The van der Waals surface area contributed by atoms with Crippen molar-refractivity contribution >= 4 is 32.0 Å². The molecule has 0 unspecified atom stereocenters. The molecule has 21 heavy (non-hydrogen) atoms. The molecule has 0 aliphatic carbocycles. The first kappa shape index (κ1) is 17.8. The van der Waals surface area contributed by atoms with Crippen LogP contribution in [0.3, 0.4) is 0 Å². The standard InChI is InChI=1S/C10H18N4O5S2/c1-13(5-6-19-2)4-3-12-21(17,18)9-7-8(14(15)16)10(11)20-9/h7,12H,3-6,11H2,1-2H3. The fourth-order valence-corrected chi connectivity index (χ4v) is 3.73. The highest BCUT2D eigenvalue weighted by atomic mass is 32.2. The average molecular weight is 338 g/mol. The fraction of sp³-hybridized carbons (Fsp3) is 0.600. The van der Waals surface area contributed by atoms with Crippen molar-refractivity contribution in [3.05, 3.63) is 16.2 Å². The van der Waals surface area contributed by atoms with E-state index in [9.17, 15) is 18.5 Å². The summed E-state index contributed by atoms with van der Waals surface area (Å²) in [7, 11) is -0.363. The highest BCUT2D eigenvalue weighted by Gasteiger charge is 2.24. The van der Waals surface area contributed by atoms with Crippen LogP contribution in [0.1, 0.15) is 0 Å². The summed E-state index contributed by atoms with van der Waals surface area (Å²) in [6, 6.07) is 0.969. The lowest BCUT2D eigenvalue weighted by atomic mass is 10.5. The molecule has 1 heterocycles. The summed E-state index contributed by atoms with van der Waals surface area (Å²) in [5, 5.41) is 10.5. The molecule has 120 valence electrons. The van der Waals surface area contributed by atoms with Crippen LogP contribution in [0, 0.1) is 10.1 Å². The molecule has 0 saturated heterocycles. The van der Waals surface area contributed by atoms with E-state index in [-0.39, 0.29) is 15.8 Å². The highest BCUT2D eigenvalue weighted by Crippen LogP contribution is 2.34. The van der Waals surface area contributed by atoms with Crippen molar-refractivity contribution in [1.82, 2.24) is 9.62 Å². The van der Waals surface area contributed by atoms with E-state index in [0.717, 1.165) is 6.07 Å². The molecule has 0 fully saturated rings. The number of rotatable bonds is 9. The summed E-state index contributed by atoms with van der Waals surface area (Å²) in [6.45, 7) is 1.91. The number of nitrogens with one attached hydrogen (secondary N) is 1. The van der Waals surface area contributed by atoms with Crippen molar-refractivity contribution in [2.45, 2.75) is 4.21 Å². The van der Waals surface area contributed by atoms with Crippen LogP contribution in [0.15, 0.2) is 10.3 Å². The Bertz CT molecular complexity index is 586. The molecule has 0 aliphatic heterocycles. The van der Waals surface area contributed by atoms with Gasteiger partial charge in [-0.05, 0) is 7.05 Å². The summed E-state index contributed by atoms with van der Waals surface area (Å²) in [5.74, 6) is 0. The first-order valence-electron chi connectivity index (χ1n) is 5.98. The largest absolute Gasteiger partial charge is 0.385 e. The van der Waals surface area contributed by atoms with Crippen molar-refractivity contribution in [3.63, 3.8) is 0 Å². The second-order valence-electron chi connectivity index (χ2n) is 4.27. The maximum Gasteiger partial charge on any atom is 0.304 e. The Kier molecular flexibility index (Phi) is 6.48. The molecule has 9 nitrogen and oxygen atoms in total. The molecule has 11 heteroatoms. The van der Waals surface area contributed by atoms with Crippen molar-refractivity contribution in [2.24, 2.45) is 0 Å². The smallest absolute Gasteiger partial charge is 0.304 e. The number of nitrogens with two attached hydrogens (primary N) is 1. The first-order valence-corrected chi connectivity index (χ1v) is 8.28. The summed E-state index contributed by atoms with van der Waals surface area (Å²) >= 11 is 0.674. The minimum atomic E-state index is -3.79. The number of likely N-dealkylation sites (N-methyl/N-ethyl adjacent to an activating group) is 1. The monoisotopic (exact) mass is 338 g/mol. The molecule has 3 N–H and O–H groups in total. The van der Waals surface area contributed by atoms with Crippen molar-refractivity contribution in [2.75, 3.05) is 46.1 Å². The van der Waals surface area contributed by atoms with Gasteiger partial charge in [-0.1, -0.05) is 11.3 Å². The van der Waals surface area contributed by atoms with Crippen molar-refractivity contribution in [3.8, 4) is 0 Å². The SMILES string of the molecule is COCCN(C)CCNS(=O)(=O)c1cc([N+](=O)[O-])c(N)s1. The van der Waals surface area contributed by atoms with Crippen LogP contribution in [-0.2, 0) is 14.8 Å². The Balaban J connectivity index is 2.62. The van der Waals surface area contributed by atoms with E-state index < -0.39 is 20.6 Å². The van der Waals surface area contributed by atoms with E-state index in [4.69, 9.17) is 10.5 Å². The second-order valence-corrected chi connectivity index (χ2v) is 7.34. The Morgan fingerprint density at radius 1 is 1.52 bits per heavy atom. The predicted octanol–water partition coefficient (Wildman–Crippen LogP) is 0.0950. The molecule has 1 aromatic heterocycles. The molecule has 0 radical (unpaired) electrons. The van der Waals surface area contributed by atoms with Crippen LogP contribution in [0.5, 0.6) is 0 Å². The molecule has 0 bridgehead atoms. The lowest BCUT2D eigenvalue weighted by molar-refractivity contribution is -0.383. The molecule has 0 amide bonds. The summed E-state index contributed by atoms with van der Waals surface area (Å²) < 4.78 is 31.1.